The van der Waals surface area contributed by atoms with Crippen LogP contribution in [-0.2, 0) is 0 Å². The van der Waals surface area contributed by atoms with E-state index in [-0.39, 0.29) is 0 Å². The molecular weight excluding hydrogens is 172 g/mol. The summed E-state index contributed by atoms with van der Waals surface area (Å²) in [6.45, 7) is 13.0. The zero-order valence-electron chi connectivity index (χ0n) is 8.68. The third-order valence-corrected chi connectivity index (χ3v) is 4.52. The number of hydrogen-bond acceptors (Lipinski definition) is 2. The first-order valence-electron chi connectivity index (χ1n) is 4.46. The monoisotopic (exact) mass is 194 g/mol. The van der Waals surface area contributed by atoms with Gasteiger partial charge in [0.25, 0.3) is 0 Å². The summed E-state index contributed by atoms with van der Waals surface area (Å²) < 4.78 is 0. The highest BCUT2D eigenvalue weighted by Crippen LogP contribution is 2.29. The lowest BCUT2D eigenvalue weighted by molar-refractivity contribution is 0.645. The molecule has 0 radical (unpaired) electrons. The van der Waals surface area contributed by atoms with Crippen LogP contribution >= 0.6 is 21.6 Å². The van der Waals surface area contributed by atoms with Gasteiger partial charge in [-0.3, -0.25) is 0 Å². The first kappa shape index (κ1) is 14.2. The summed E-state index contributed by atoms with van der Waals surface area (Å²) in [6.07, 6.45) is 0. The third-order valence-electron chi connectivity index (χ3n) is 1.28. The van der Waals surface area contributed by atoms with Crippen molar-refractivity contribution in [2.45, 2.75) is 46.8 Å². The summed E-state index contributed by atoms with van der Waals surface area (Å²) in [5, 5.41) is 0.801. The van der Waals surface area contributed by atoms with Crippen LogP contribution in [0.3, 0.4) is 0 Å². The third kappa shape index (κ3) is 10.7. The Morgan fingerprint density at radius 3 is 1.82 bits per heavy atom. The van der Waals surface area contributed by atoms with Gasteiger partial charge in [-0.15, -0.1) is 0 Å². The van der Waals surface area contributed by atoms with Gasteiger partial charge in [0.05, 0.1) is 0 Å². The van der Waals surface area contributed by atoms with Crippen LogP contribution in [-0.4, -0.2) is 11.0 Å². The van der Waals surface area contributed by atoms with Crippen molar-refractivity contribution >= 4 is 21.6 Å². The molecule has 11 heavy (non-hydrogen) atoms. The minimum Gasteiger partial charge on any atom is -0.0942 e. The molecule has 0 aromatic carbocycles. The molecular formula is C9H22S2. The van der Waals surface area contributed by atoms with E-state index < -0.39 is 0 Å². The standard InChI is InChI=1S/C7H16S2.C2H6/c1-5-8-9-7(4)6(2)3;1-2/h6-7H,5H2,1-4H3;1-2H3. The van der Waals surface area contributed by atoms with Crippen molar-refractivity contribution in [3.8, 4) is 0 Å². The zero-order chi connectivity index (χ0) is 9.28. The van der Waals surface area contributed by atoms with Gasteiger partial charge in [0.2, 0.25) is 0 Å². The van der Waals surface area contributed by atoms with Crippen LogP contribution in [0.1, 0.15) is 41.5 Å². The van der Waals surface area contributed by atoms with Crippen molar-refractivity contribution in [2.24, 2.45) is 5.92 Å². The minimum absolute atomic E-state index is 0.801. The molecule has 0 fully saturated rings. The van der Waals surface area contributed by atoms with Gasteiger partial charge in [0.1, 0.15) is 0 Å². The predicted molar refractivity (Wildman–Crippen MR) is 61.4 cm³/mol. The summed E-state index contributed by atoms with van der Waals surface area (Å²) in [4.78, 5) is 0. The Labute approximate surface area is 80.3 Å². The molecule has 0 aromatic heterocycles. The topological polar surface area (TPSA) is 0 Å². The maximum atomic E-state index is 2.29. The second-order valence-corrected chi connectivity index (χ2v) is 5.49. The largest absolute Gasteiger partial charge is 0.0942 e. The van der Waals surface area contributed by atoms with E-state index in [0.29, 0.717) is 0 Å². The summed E-state index contributed by atoms with van der Waals surface area (Å²) in [5.41, 5.74) is 0. The zero-order valence-corrected chi connectivity index (χ0v) is 10.3. The minimum atomic E-state index is 0.801. The lowest BCUT2D eigenvalue weighted by atomic mass is 10.2. The van der Waals surface area contributed by atoms with Gasteiger partial charge in [-0.25, -0.2) is 0 Å². The van der Waals surface area contributed by atoms with E-state index in [1.807, 2.05) is 35.4 Å². The molecule has 0 heterocycles. The van der Waals surface area contributed by atoms with Gasteiger partial charge >= 0.3 is 0 Å². The van der Waals surface area contributed by atoms with Gasteiger partial charge in [0, 0.05) is 11.0 Å². The molecule has 0 nitrogen and oxygen atoms in total. The average Bonchev–Trinajstić information content (AvgIpc) is 2.03. The molecule has 0 N–H and O–H groups in total. The van der Waals surface area contributed by atoms with Gasteiger partial charge in [-0.1, -0.05) is 63.1 Å². The molecule has 1 atom stereocenters. The van der Waals surface area contributed by atoms with Crippen LogP contribution in [0.2, 0.25) is 0 Å². The van der Waals surface area contributed by atoms with Crippen molar-refractivity contribution in [1.82, 2.24) is 0 Å². The molecule has 0 aromatic rings. The highest BCUT2D eigenvalue weighted by molar-refractivity contribution is 8.76. The first-order valence-corrected chi connectivity index (χ1v) is 6.85. The molecule has 1 unspecified atom stereocenters. The van der Waals surface area contributed by atoms with Crippen LogP contribution in [0, 0.1) is 5.92 Å². The maximum Gasteiger partial charge on any atom is 0.0146 e. The van der Waals surface area contributed by atoms with E-state index in [0.717, 1.165) is 11.2 Å². The lowest BCUT2D eigenvalue weighted by Crippen LogP contribution is -2.03. The summed E-state index contributed by atoms with van der Waals surface area (Å²) in [7, 11) is 3.96. The predicted octanol–water partition coefficient (Wildman–Crippen LogP) is 4.46. The maximum absolute atomic E-state index is 2.29. The Kier molecular flexibility index (Phi) is 13.8. The SMILES string of the molecule is CC.CCSSC(C)C(C)C. The fraction of sp³-hybridized carbons (Fsp3) is 1.00. The molecule has 0 saturated carbocycles. The Morgan fingerprint density at radius 2 is 1.55 bits per heavy atom. The van der Waals surface area contributed by atoms with Crippen LogP contribution < -0.4 is 0 Å². The Bertz CT molecular complexity index is 62.6. The molecule has 0 rings (SSSR count). The van der Waals surface area contributed by atoms with Crippen LogP contribution in [0.4, 0.5) is 0 Å². The van der Waals surface area contributed by atoms with Crippen LogP contribution in [0.5, 0.6) is 0 Å². The molecule has 0 aliphatic rings. The molecule has 2 heteroatoms. The van der Waals surface area contributed by atoms with Crippen LogP contribution in [0.25, 0.3) is 0 Å². The molecule has 0 aliphatic heterocycles. The quantitative estimate of drug-likeness (QED) is 0.606. The Balaban J connectivity index is 0. The fourth-order valence-electron chi connectivity index (χ4n) is 0.286. The average molecular weight is 194 g/mol. The fourth-order valence-corrected chi connectivity index (χ4v) is 2.58. The van der Waals surface area contributed by atoms with Crippen molar-refractivity contribution in [1.29, 1.82) is 0 Å². The van der Waals surface area contributed by atoms with Gasteiger partial charge in [-0.05, 0) is 5.92 Å². The van der Waals surface area contributed by atoms with E-state index in [9.17, 15) is 0 Å². The van der Waals surface area contributed by atoms with Crippen molar-refractivity contribution in [3.05, 3.63) is 0 Å². The van der Waals surface area contributed by atoms with Crippen molar-refractivity contribution in [2.75, 3.05) is 5.75 Å². The van der Waals surface area contributed by atoms with E-state index >= 15 is 0 Å². The van der Waals surface area contributed by atoms with Gasteiger partial charge in [0.15, 0.2) is 0 Å². The van der Waals surface area contributed by atoms with Crippen molar-refractivity contribution in [3.63, 3.8) is 0 Å². The number of rotatable bonds is 4. The van der Waals surface area contributed by atoms with Gasteiger partial charge < -0.3 is 0 Å². The molecule has 0 aliphatic carbocycles. The normalized spacial score (nSPS) is 12.3. The smallest absolute Gasteiger partial charge is 0.0146 e. The molecule has 0 bridgehead atoms. The summed E-state index contributed by atoms with van der Waals surface area (Å²) >= 11 is 0. The second kappa shape index (κ2) is 10.7. The van der Waals surface area contributed by atoms with Crippen LogP contribution in [0.15, 0.2) is 0 Å². The Morgan fingerprint density at radius 1 is 1.09 bits per heavy atom. The van der Waals surface area contributed by atoms with E-state index in [2.05, 4.69) is 27.7 Å². The van der Waals surface area contributed by atoms with E-state index in [4.69, 9.17) is 0 Å². The van der Waals surface area contributed by atoms with E-state index in [1.165, 1.54) is 5.75 Å². The summed E-state index contributed by atoms with van der Waals surface area (Å²) in [6, 6.07) is 0. The summed E-state index contributed by atoms with van der Waals surface area (Å²) in [5.74, 6) is 2.04. The van der Waals surface area contributed by atoms with Gasteiger partial charge in [-0.2, -0.15) is 0 Å². The first-order chi connectivity index (χ1) is 5.18. The molecule has 70 valence electrons. The molecule has 0 amide bonds. The lowest BCUT2D eigenvalue weighted by Gasteiger charge is -2.12. The number of hydrogen-bond donors (Lipinski definition) is 0. The molecule has 0 saturated heterocycles. The van der Waals surface area contributed by atoms with E-state index in [1.54, 1.807) is 0 Å². The van der Waals surface area contributed by atoms with Crippen molar-refractivity contribution < 1.29 is 0 Å². The Hall–Kier alpha value is 0.700. The molecule has 0 spiro atoms. The highest BCUT2D eigenvalue weighted by atomic mass is 33.1. The second-order valence-electron chi connectivity index (χ2n) is 2.45. The highest BCUT2D eigenvalue weighted by Gasteiger charge is 2.05.